The highest BCUT2D eigenvalue weighted by Crippen LogP contribution is 2.31. The normalized spacial score (nSPS) is 10.6. The Balaban J connectivity index is 2.50. The SMILES string of the molecule is COc1cc(F)c(C(=O)c2cc(C)c(Br)s2)c(F)c1. The summed E-state index contributed by atoms with van der Waals surface area (Å²) in [4.78, 5) is 12.4. The van der Waals surface area contributed by atoms with Crippen LogP contribution in [0.4, 0.5) is 8.78 Å². The van der Waals surface area contributed by atoms with Crippen LogP contribution in [-0.2, 0) is 0 Å². The smallest absolute Gasteiger partial charge is 0.208 e. The van der Waals surface area contributed by atoms with E-state index in [-0.39, 0.29) is 10.6 Å². The van der Waals surface area contributed by atoms with Crippen LogP contribution in [0.1, 0.15) is 20.8 Å². The van der Waals surface area contributed by atoms with Crippen LogP contribution in [0.25, 0.3) is 0 Å². The Bertz CT molecular complexity index is 610. The van der Waals surface area contributed by atoms with Crippen molar-refractivity contribution in [2.45, 2.75) is 6.92 Å². The molecule has 0 atom stereocenters. The summed E-state index contributed by atoms with van der Waals surface area (Å²) in [5, 5.41) is 0. The van der Waals surface area contributed by atoms with Gasteiger partial charge in [-0.15, -0.1) is 11.3 Å². The number of ether oxygens (including phenoxy) is 1. The van der Waals surface area contributed by atoms with E-state index in [9.17, 15) is 13.6 Å². The molecule has 19 heavy (non-hydrogen) atoms. The second-order valence-corrected chi connectivity index (χ2v) is 6.23. The third-order valence-corrected chi connectivity index (χ3v) is 4.69. The predicted molar refractivity (Wildman–Crippen MR) is 73.1 cm³/mol. The third-order valence-electron chi connectivity index (χ3n) is 2.56. The van der Waals surface area contributed by atoms with Gasteiger partial charge in [0.05, 0.1) is 21.3 Å². The highest BCUT2D eigenvalue weighted by atomic mass is 79.9. The number of halogens is 3. The van der Waals surface area contributed by atoms with Crippen molar-refractivity contribution in [3.8, 4) is 5.75 Å². The lowest BCUT2D eigenvalue weighted by atomic mass is 10.1. The van der Waals surface area contributed by atoms with E-state index in [0.29, 0.717) is 0 Å². The van der Waals surface area contributed by atoms with E-state index in [2.05, 4.69) is 15.9 Å². The molecule has 1 heterocycles. The molecule has 0 aliphatic carbocycles. The number of thiophene rings is 1. The molecule has 0 N–H and O–H groups in total. The summed E-state index contributed by atoms with van der Waals surface area (Å²) in [6.45, 7) is 1.80. The first-order chi connectivity index (χ1) is 8.93. The largest absolute Gasteiger partial charge is 0.497 e. The van der Waals surface area contributed by atoms with Crippen LogP contribution in [0, 0.1) is 18.6 Å². The van der Waals surface area contributed by atoms with Gasteiger partial charge in [0.2, 0.25) is 5.78 Å². The maximum Gasteiger partial charge on any atom is 0.208 e. The minimum atomic E-state index is -0.927. The molecular formula is C13H9BrF2O2S. The number of carbonyl (C=O) groups excluding carboxylic acids is 1. The molecular weight excluding hydrogens is 338 g/mol. The Morgan fingerprint density at radius 1 is 1.26 bits per heavy atom. The number of aryl methyl sites for hydroxylation is 1. The molecule has 0 aliphatic rings. The van der Waals surface area contributed by atoms with Crippen LogP contribution < -0.4 is 4.74 Å². The topological polar surface area (TPSA) is 26.3 Å². The van der Waals surface area contributed by atoms with Crippen LogP contribution in [0.2, 0.25) is 0 Å². The fraction of sp³-hybridized carbons (Fsp3) is 0.154. The van der Waals surface area contributed by atoms with Gasteiger partial charge in [-0.25, -0.2) is 8.78 Å². The van der Waals surface area contributed by atoms with Gasteiger partial charge < -0.3 is 4.74 Å². The van der Waals surface area contributed by atoms with Crippen LogP contribution in [0.3, 0.4) is 0 Å². The van der Waals surface area contributed by atoms with Gasteiger partial charge in [0.1, 0.15) is 17.4 Å². The van der Waals surface area contributed by atoms with Gasteiger partial charge in [0.15, 0.2) is 0 Å². The minimum Gasteiger partial charge on any atom is -0.497 e. The molecule has 2 rings (SSSR count). The molecule has 2 nitrogen and oxygen atoms in total. The predicted octanol–water partition coefficient (Wildman–Crippen LogP) is 4.34. The van der Waals surface area contributed by atoms with E-state index in [1.165, 1.54) is 7.11 Å². The fourth-order valence-corrected chi connectivity index (χ4v) is 3.06. The number of carbonyl (C=O) groups is 1. The number of ketones is 1. The first kappa shape index (κ1) is 14.1. The minimum absolute atomic E-state index is 0.0371. The summed E-state index contributed by atoms with van der Waals surface area (Å²) >= 11 is 4.42. The third kappa shape index (κ3) is 2.69. The van der Waals surface area contributed by atoms with Crippen LogP contribution in [-0.4, -0.2) is 12.9 Å². The quantitative estimate of drug-likeness (QED) is 0.773. The zero-order valence-corrected chi connectivity index (χ0v) is 12.5. The summed E-state index contributed by atoms with van der Waals surface area (Å²) in [7, 11) is 1.30. The zero-order chi connectivity index (χ0) is 14.2. The zero-order valence-electron chi connectivity index (χ0n) is 10.1. The van der Waals surface area contributed by atoms with E-state index in [1.54, 1.807) is 13.0 Å². The number of benzene rings is 1. The molecule has 0 radical (unpaired) electrons. The van der Waals surface area contributed by atoms with E-state index >= 15 is 0 Å². The first-order valence-electron chi connectivity index (χ1n) is 5.27. The summed E-state index contributed by atoms with van der Waals surface area (Å²) in [6.07, 6.45) is 0. The molecule has 0 spiro atoms. The van der Waals surface area contributed by atoms with Gasteiger partial charge in [-0.05, 0) is 34.5 Å². The van der Waals surface area contributed by atoms with Gasteiger partial charge in [-0.2, -0.15) is 0 Å². The second-order valence-electron chi connectivity index (χ2n) is 3.86. The van der Waals surface area contributed by atoms with Gasteiger partial charge in [0, 0.05) is 12.1 Å². The van der Waals surface area contributed by atoms with E-state index in [4.69, 9.17) is 4.74 Å². The lowest BCUT2D eigenvalue weighted by molar-refractivity contribution is 0.103. The molecule has 0 fully saturated rings. The first-order valence-corrected chi connectivity index (χ1v) is 6.88. The number of hydrogen-bond acceptors (Lipinski definition) is 3. The van der Waals surface area contributed by atoms with Gasteiger partial charge >= 0.3 is 0 Å². The lowest BCUT2D eigenvalue weighted by Gasteiger charge is -2.05. The van der Waals surface area contributed by atoms with E-state index in [0.717, 1.165) is 32.8 Å². The van der Waals surface area contributed by atoms with Gasteiger partial charge in [-0.1, -0.05) is 0 Å². The van der Waals surface area contributed by atoms with Gasteiger partial charge in [-0.3, -0.25) is 4.79 Å². The summed E-state index contributed by atoms with van der Waals surface area (Å²) < 4.78 is 33.1. The molecule has 0 bridgehead atoms. The van der Waals surface area contributed by atoms with Crippen molar-refractivity contribution in [3.05, 3.63) is 49.6 Å². The average molecular weight is 347 g/mol. The molecule has 2 aromatic rings. The van der Waals surface area contributed by atoms with Crippen LogP contribution in [0.5, 0.6) is 5.75 Å². The number of methoxy groups -OCH3 is 1. The molecule has 100 valence electrons. The van der Waals surface area contributed by atoms with Crippen molar-refractivity contribution in [2.75, 3.05) is 7.11 Å². The van der Waals surface area contributed by atoms with Crippen molar-refractivity contribution in [2.24, 2.45) is 0 Å². The molecule has 1 aromatic carbocycles. The number of hydrogen-bond donors (Lipinski definition) is 0. The molecule has 6 heteroatoms. The summed E-state index contributed by atoms with van der Waals surface area (Å²) in [5.41, 5.74) is 0.289. The Hall–Kier alpha value is -1.27. The van der Waals surface area contributed by atoms with Crippen molar-refractivity contribution < 1.29 is 18.3 Å². The van der Waals surface area contributed by atoms with E-state index in [1.807, 2.05) is 0 Å². The molecule has 0 amide bonds. The van der Waals surface area contributed by atoms with Gasteiger partial charge in [0.25, 0.3) is 0 Å². The lowest BCUT2D eigenvalue weighted by Crippen LogP contribution is -2.06. The molecule has 0 unspecified atom stereocenters. The Labute approximate surface area is 121 Å². The Morgan fingerprint density at radius 2 is 1.84 bits per heavy atom. The van der Waals surface area contributed by atoms with Crippen molar-refractivity contribution >= 4 is 33.0 Å². The Morgan fingerprint density at radius 3 is 2.26 bits per heavy atom. The van der Waals surface area contributed by atoms with Crippen LogP contribution >= 0.6 is 27.3 Å². The second kappa shape index (κ2) is 5.38. The molecule has 0 aliphatic heterocycles. The summed E-state index contributed by atoms with van der Waals surface area (Å²) in [6, 6.07) is 3.58. The standard InChI is InChI=1S/C13H9BrF2O2S/c1-6-3-10(19-13(6)14)12(17)11-8(15)4-7(18-2)5-9(11)16/h3-5H,1-2H3. The molecule has 0 saturated carbocycles. The van der Waals surface area contributed by atoms with E-state index < -0.39 is 23.0 Å². The fourth-order valence-electron chi connectivity index (χ4n) is 1.58. The Kier molecular flexibility index (Phi) is 4.01. The average Bonchev–Trinajstić information content (AvgIpc) is 2.68. The number of rotatable bonds is 3. The highest BCUT2D eigenvalue weighted by molar-refractivity contribution is 9.11. The van der Waals surface area contributed by atoms with Crippen LogP contribution in [0.15, 0.2) is 22.0 Å². The summed E-state index contributed by atoms with van der Waals surface area (Å²) in [5.74, 6) is -2.49. The maximum atomic E-state index is 13.8. The van der Waals surface area contributed by atoms with Crippen molar-refractivity contribution in [1.82, 2.24) is 0 Å². The molecule has 1 aromatic heterocycles. The van der Waals surface area contributed by atoms with Crippen molar-refractivity contribution in [3.63, 3.8) is 0 Å². The maximum absolute atomic E-state index is 13.8. The molecule has 0 saturated heterocycles. The monoisotopic (exact) mass is 346 g/mol. The highest BCUT2D eigenvalue weighted by Gasteiger charge is 2.22. The van der Waals surface area contributed by atoms with Crippen molar-refractivity contribution in [1.29, 1.82) is 0 Å².